The summed E-state index contributed by atoms with van der Waals surface area (Å²) in [7, 11) is 0. The lowest BCUT2D eigenvalue weighted by atomic mass is 9.86. The molecule has 5 rings (SSSR count). The third-order valence-corrected chi connectivity index (χ3v) is 16.0. The number of nitrogens with zero attached hydrogens (tertiary/aromatic N) is 2. The maximum Gasteiger partial charge on any atom is 0.122 e. The van der Waals surface area contributed by atoms with E-state index in [1.54, 1.807) is 0 Å². The van der Waals surface area contributed by atoms with Gasteiger partial charge in [-0.1, -0.05) is 233 Å². The maximum atomic E-state index is 6.19. The van der Waals surface area contributed by atoms with Crippen molar-refractivity contribution in [2.75, 3.05) is 13.2 Å². The average Bonchev–Trinajstić information content (AvgIpc) is 3.91. The highest BCUT2D eigenvalue weighted by Crippen LogP contribution is 2.35. The van der Waals surface area contributed by atoms with Gasteiger partial charge in [0.05, 0.1) is 36.1 Å². The largest absolute Gasteiger partial charge is 0.494 e. The normalized spacial score (nSPS) is 12.3. The van der Waals surface area contributed by atoms with Crippen LogP contribution in [0.1, 0.15) is 269 Å². The summed E-state index contributed by atoms with van der Waals surface area (Å²) in [4.78, 5) is 0. The Labute approximate surface area is 463 Å². The maximum absolute atomic E-state index is 6.19. The Hall–Kier alpha value is -4.32. The number of hydrogen-bond donors (Lipinski definition) is 0. The van der Waals surface area contributed by atoms with E-state index in [2.05, 4.69) is 140 Å². The second-order valence-corrected chi connectivity index (χ2v) is 24.0. The Morgan fingerprint density at radius 1 is 0.400 bits per heavy atom. The summed E-state index contributed by atoms with van der Waals surface area (Å²) in [5.41, 5.74) is 8.41. The van der Waals surface area contributed by atoms with E-state index >= 15 is 0 Å². The molecule has 5 aromatic rings. The van der Waals surface area contributed by atoms with Crippen LogP contribution >= 0.6 is 11.7 Å². The topological polar surface area (TPSA) is 44.2 Å². The second-order valence-electron chi connectivity index (χ2n) is 23.4. The number of fused-ring (bicyclic) bond motifs is 2. The molecule has 0 aliphatic rings. The number of aryl methyl sites for hydroxylation is 2. The van der Waals surface area contributed by atoms with Gasteiger partial charge in [-0.25, -0.2) is 0 Å². The van der Waals surface area contributed by atoms with Crippen LogP contribution < -0.4 is 9.47 Å². The van der Waals surface area contributed by atoms with Crippen LogP contribution in [-0.2, 0) is 12.8 Å². The molecule has 0 saturated carbocycles. The summed E-state index contributed by atoms with van der Waals surface area (Å²) in [5.74, 6) is 19.1. The molecule has 5 heteroatoms. The minimum absolute atomic E-state index is 0.673. The van der Waals surface area contributed by atoms with Crippen LogP contribution in [0.4, 0.5) is 0 Å². The number of rotatable bonds is 38. The lowest BCUT2D eigenvalue weighted by Gasteiger charge is -2.18. The van der Waals surface area contributed by atoms with Gasteiger partial charge in [0, 0.05) is 21.9 Å². The van der Waals surface area contributed by atoms with Gasteiger partial charge in [0.2, 0.25) is 0 Å². The highest BCUT2D eigenvalue weighted by Gasteiger charge is 2.20. The van der Waals surface area contributed by atoms with Crippen molar-refractivity contribution < 1.29 is 9.47 Å². The zero-order valence-electron chi connectivity index (χ0n) is 48.8. The molecular weight excluding hydrogens is 933 g/mol. The number of benzene rings is 4. The standard InChI is InChI=1S/C70H102N2O2S/c1-9-11-13-15-17-19-21-23-25-27-51-73-63-45-37-59(38-46-63)41-49-65-67-53-61(43-35-57(7)33-29-31-55(3)4)62(44-36-58(8)34-30-32-56(5)6)54-68(67)66(70-69(65)71-75-72-70)50-42-60-39-47-64(48-40-60)74-52-28-26-24-22-20-18-16-14-12-10-2/h37-40,45-48,53-58H,9-36,43-44,51-52H2,1-8H3. The van der Waals surface area contributed by atoms with Gasteiger partial charge in [0.15, 0.2) is 0 Å². The van der Waals surface area contributed by atoms with Gasteiger partial charge >= 0.3 is 0 Å². The van der Waals surface area contributed by atoms with Crippen molar-refractivity contribution in [1.82, 2.24) is 8.75 Å². The van der Waals surface area contributed by atoms with Gasteiger partial charge in [-0.2, -0.15) is 8.75 Å². The molecule has 0 aliphatic heterocycles. The first-order valence-electron chi connectivity index (χ1n) is 30.9. The van der Waals surface area contributed by atoms with Gasteiger partial charge in [0.25, 0.3) is 0 Å². The van der Waals surface area contributed by atoms with Crippen LogP contribution in [0.15, 0.2) is 60.7 Å². The molecule has 0 aliphatic carbocycles. The fourth-order valence-electron chi connectivity index (χ4n) is 10.5. The molecule has 1 heterocycles. The van der Waals surface area contributed by atoms with E-state index < -0.39 is 0 Å². The van der Waals surface area contributed by atoms with E-state index in [-0.39, 0.29) is 0 Å². The predicted molar refractivity (Wildman–Crippen MR) is 327 cm³/mol. The quantitative estimate of drug-likeness (QED) is 0.0292. The first-order valence-corrected chi connectivity index (χ1v) is 31.6. The van der Waals surface area contributed by atoms with Crippen LogP contribution in [0.3, 0.4) is 0 Å². The van der Waals surface area contributed by atoms with Crippen LogP contribution in [0.2, 0.25) is 0 Å². The van der Waals surface area contributed by atoms with Crippen LogP contribution in [0.5, 0.6) is 11.5 Å². The molecule has 2 unspecified atom stereocenters. The highest BCUT2D eigenvalue weighted by atomic mass is 32.1. The second kappa shape index (κ2) is 36.7. The SMILES string of the molecule is CCCCCCCCCCCCOc1ccc(C#Cc2c3cc(CCC(C)CCCC(C)C)c(CCC(C)CCCC(C)C)cc3c(C#Cc3ccc(OCCCCCCCCCCCC)cc3)c3nsnc23)cc1. The molecule has 4 nitrogen and oxygen atoms in total. The van der Waals surface area contributed by atoms with Gasteiger partial charge < -0.3 is 9.47 Å². The van der Waals surface area contributed by atoms with E-state index in [1.807, 2.05) is 0 Å². The summed E-state index contributed by atoms with van der Waals surface area (Å²) in [6, 6.07) is 21.6. The lowest BCUT2D eigenvalue weighted by molar-refractivity contribution is 0.304. The lowest BCUT2D eigenvalue weighted by Crippen LogP contribution is -2.05. The van der Waals surface area contributed by atoms with Crippen LogP contribution in [-0.4, -0.2) is 22.0 Å². The van der Waals surface area contributed by atoms with E-state index in [1.165, 1.54) is 190 Å². The summed E-state index contributed by atoms with van der Waals surface area (Å²) in [6.07, 6.45) is 38.7. The number of unbranched alkanes of at least 4 members (excludes halogenated alkanes) is 18. The fourth-order valence-corrected chi connectivity index (χ4v) is 11.1. The first-order chi connectivity index (χ1) is 36.6. The summed E-state index contributed by atoms with van der Waals surface area (Å²) in [5, 5.41) is 2.27. The molecule has 0 bridgehead atoms. The summed E-state index contributed by atoms with van der Waals surface area (Å²) in [6.45, 7) is 20.4. The third kappa shape index (κ3) is 23.9. The number of ether oxygens (including phenoxy) is 2. The zero-order chi connectivity index (χ0) is 53.3. The van der Waals surface area contributed by atoms with Crippen molar-refractivity contribution in [2.24, 2.45) is 23.7 Å². The van der Waals surface area contributed by atoms with Crippen molar-refractivity contribution in [2.45, 2.75) is 248 Å². The van der Waals surface area contributed by atoms with E-state index in [0.717, 1.165) is 106 Å². The zero-order valence-corrected chi connectivity index (χ0v) is 49.6. The Morgan fingerprint density at radius 2 is 0.747 bits per heavy atom. The molecule has 2 atom stereocenters. The Balaban J connectivity index is 1.39. The van der Waals surface area contributed by atoms with Crippen molar-refractivity contribution >= 4 is 33.5 Å². The minimum atomic E-state index is 0.673. The minimum Gasteiger partial charge on any atom is -0.494 e. The Bertz CT molecular complexity index is 2270. The molecule has 0 radical (unpaired) electrons. The van der Waals surface area contributed by atoms with Gasteiger partial charge in [0.1, 0.15) is 22.5 Å². The Morgan fingerprint density at radius 3 is 1.09 bits per heavy atom. The smallest absolute Gasteiger partial charge is 0.122 e. The molecule has 75 heavy (non-hydrogen) atoms. The molecule has 0 fully saturated rings. The third-order valence-electron chi connectivity index (χ3n) is 15.5. The summed E-state index contributed by atoms with van der Waals surface area (Å²) < 4.78 is 22.3. The average molecular weight is 1040 g/mol. The van der Waals surface area contributed by atoms with Crippen LogP contribution in [0, 0.1) is 47.4 Å². The monoisotopic (exact) mass is 1030 g/mol. The molecule has 0 N–H and O–H groups in total. The van der Waals surface area contributed by atoms with E-state index in [4.69, 9.17) is 18.2 Å². The van der Waals surface area contributed by atoms with E-state index in [9.17, 15) is 0 Å². The summed E-state index contributed by atoms with van der Waals surface area (Å²) >= 11 is 1.26. The Kier molecular flexibility index (Phi) is 30.1. The van der Waals surface area contributed by atoms with Crippen molar-refractivity contribution in [1.29, 1.82) is 0 Å². The molecule has 1 aromatic heterocycles. The van der Waals surface area contributed by atoms with Crippen molar-refractivity contribution in [3.63, 3.8) is 0 Å². The number of aromatic nitrogens is 2. The van der Waals surface area contributed by atoms with Gasteiger partial charge in [-0.05, 0) is 134 Å². The van der Waals surface area contributed by atoms with Crippen molar-refractivity contribution in [3.05, 3.63) is 94.0 Å². The highest BCUT2D eigenvalue weighted by molar-refractivity contribution is 7.00. The number of hydrogen-bond acceptors (Lipinski definition) is 5. The van der Waals surface area contributed by atoms with Gasteiger partial charge in [-0.3, -0.25) is 0 Å². The van der Waals surface area contributed by atoms with Crippen molar-refractivity contribution in [3.8, 4) is 35.2 Å². The molecular formula is C70H102N2O2S. The fraction of sp³-hybridized carbons (Fsp3) is 0.629. The van der Waals surface area contributed by atoms with Crippen LogP contribution in [0.25, 0.3) is 21.8 Å². The molecule has 0 amide bonds. The molecule has 410 valence electrons. The predicted octanol–water partition coefficient (Wildman–Crippen LogP) is 21.0. The molecule has 0 spiro atoms. The van der Waals surface area contributed by atoms with E-state index in [0.29, 0.717) is 11.8 Å². The molecule has 0 saturated heterocycles. The molecule has 4 aromatic carbocycles. The van der Waals surface area contributed by atoms with Gasteiger partial charge in [-0.15, -0.1) is 0 Å². The first kappa shape index (κ1) is 61.5.